The molecule has 0 radical (unpaired) electrons. The zero-order valence-electron chi connectivity index (χ0n) is 12.3. The molecule has 106 valence electrons. The molecule has 1 aliphatic heterocycles. The van der Waals surface area contributed by atoms with E-state index in [4.69, 9.17) is 4.74 Å². The average molecular weight is 254 g/mol. The van der Waals surface area contributed by atoms with E-state index in [-0.39, 0.29) is 0 Å². The van der Waals surface area contributed by atoms with E-state index in [1.807, 2.05) is 0 Å². The van der Waals surface area contributed by atoms with Crippen LogP contribution in [-0.2, 0) is 4.74 Å². The summed E-state index contributed by atoms with van der Waals surface area (Å²) >= 11 is 0. The molecule has 0 bridgehead atoms. The second-order valence-electron chi connectivity index (χ2n) is 6.23. The minimum Gasteiger partial charge on any atom is -0.380 e. The largest absolute Gasteiger partial charge is 0.380 e. The molecular weight excluding hydrogens is 224 g/mol. The van der Waals surface area contributed by atoms with Gasteiger partial charge >= 0.3 is 0 Å². The summed E-state index contributed by atoms with van der Waals surface area (Å²) < 4.78 is 5.74. The van der Waals surface area contributed by atoms with Crippen molar-refractivity contribution in [2.24, 2.45) is 5.92 Å². The van der Waals surface area contributed by atoms with E-state index in [1.54, 1.807) is 0 Å². The predicted molar refractivity (Wildman–Crippen MR) is 75.9 cm³/mol. The Balaban J connectivity index is 1.94. The van der Waals surface area contributed by atoms with Crippen molar-refractivity contribution in [1.82, 2.24) is 10.2 Å². The first-order valence-electron chi connectivity index (χ1n) is 7.79. The van der Waals surface area contributed by atoms with E-state index in [1.165, 1.54) is 32.2 Å². The predicted octanol–water partition coefficient (Wildman–Crippen LogP) is 2.26. The van der Waals surface area contributed by atoms with Gasteiger partial charge in [0.25, 0.3) is 0 Å². The zero-order chi connectivity index (χ0) is 13.0. The standard InChI is InChI=1S/C15H30N2O/c1-4-8-16-14-7-9-18-11-15(14)17(12(2)3)10-13-5-6-13/h12-16H,4-11H2,1-3H3. The lowest BCUT2D eigenvalue weighted by Crippen LogP contribution is -2.57. The monoisotopic (exact) mass is 254 g/mol. The van der Waals surface area contributed by atoms with Gasteiger partial charge in [-0.25, -0.2) is 0 Å². The molecule has 1 N–H and O–H groups in total. The maximum atomic E-state index is 5.74. The van der Waals surface area contributed by atoms with Crippen molar-refractivity contribution in [2.45, 2.75) is 64.6 Å². The number of hydrogen-bond donors (Lipinski definition) is 1. The molecule has 0 aromatic carbocycles. The highest BCUT2D eigenvalue weighted by atomic mass is 16.5. The molecule has 3 nitrogen and oxygen atoms in total. The molecule has 2 rings (SSSR count). The van der Waals surface area contributed by atoms with E-state index in [9.17, 15) is 0 Å². The SMILES string of the molecule is CCCNC1CCOCC1N(CC1CC1)C(C)C. The second-order valence-corrected chi connectivity index (χ2v) is 6.23. The number of nitrogens with one attached hydrogen (secondary N) is 1. The van der Waals surface area contributed by atoms with Crippen LogP contribution in [-0.4, -0.2) is 49.3 Å². The smallest absolute Gasteiger partial charge is 0.0637 e. The van der Waals surface area contributed by atoms with Crippen molar-refractivity contribution in [3.63, 3.8) is 0 Å². The molecule has 3 heteroatoms. The fraction of sp³-hybridized carbons (Fsp3) is 1.00. The Morgan fingerprint density at radius 1 is 1.28 bits per heavy atom. The van der Waals surface area contributed by atoms with Gasteiger partial charge in [-0.15, -0.1) is 0 Å². The van der Waals surface area contributed by atoms with Crippen LogP contribution in [0.5, 0.6) is 0 Å². The van der Waals surface area contributed by atoms with Crippen LogP contribution in [0.1, 0.15) is 46.5 Å². The summed E-state index contributed by atoms with van der Waals surface area (Å²) in [4.78, 5) is 2.68. The van der Waals surface area contributed by atoms with Crippen LogP contribution in [0.15, 0.2) is 0 Å². The average Bonchev–Trinajstić information content (AvgIpc) is 3.17. The molecule has 1 aliphatic carbocycles. The Morgan fingerprint density at radius 2 is 2.06 bits per heavy atom. The molecule has 0 aromatic rings. The van der Waals surface area contributed by atoms with Crippen LogP contribution in [0, 0.1) is 5.92 Å². The topological polar surface area (TPSA) is 24.5 Å². The number of nitrogens with zero attached hydrogens (tertiary/aromatic N) is 1. The van der Waals surface area contributed by atoms with Gasteiger partial charge in [0.05, 0.1) is 6.61 Å². The summed E-state index contributed by atoms with van der Waals surface area (Å²) in [6.07, 6.45) is 5.25. The van der Waals surface area contributed by atoms with Crippen molar-refractivity contribution in [3.8, 4) is 0 Å². The zero-order valence-corrected chi connectivity index (χ0v) is 12.3. The first-order chi connectivity index (χ1) is 8.72. The van der Waals surface area contributed by atoms with Crippen LogP contribution < -0.4 is 5.32 Å². The Morgan fingerprint density at radius 3 is 2.67 bits per heavy atom. The van der Waals surface area contributed by atoms with Gasteiger partial charge in [-0.2, -0.15) is 0 Å². The van der Waals surface area contributed by atoms with Crippen molar-refractivity contribution in [2.75, 3.05) is 26.3 Å². The lowest BCUT2D eigenvalue weighted by molar-refractivity contribution is -0.0163. The summed E-state index contributed by atoms with van der Waals surface area (Å²) in [5, 5.41) is 3.73. The number of rotatable bonds is 7. The molecule has 0 spiro atoms. The van der Waals surface area contributed by atoms with E-state index in [0.717, 1.165) is 25.7 Å². The molecular formula is C15H30N2O. The second kappa shape index (κ2) is 6.88. The molecule has 0 amide bonds. The van der Waals surface area contributed by atoms with Gasteiger partial charge in [0, 0.05) is 31.3 Å². The first kappa shape index (κ1) is 14.3. The maximum Gasteiger partial charge on any atom is 0.0637 e. The third-order valence-electron chi connectivity index (χ3n) is 4.24. The van der Waals surface area contributed by atoms with Gasteiger partial charge in [-0.05, 0) is 52.0 Å². The summed E-state index contributed by atoms with van der Waals surface area (Å²) in [6, 6.07) is 1.83. The minimum absolute atomic E-state index is 0.575. The Bertz CT molecular complexity index is 241. The van der Waals surface area contributed by atoms with Gasteiger partial charge in [-0.1, -0.05) is 6.92 Å². The molecule has 1 heterocycles. The highest BCUT2D eigenvalue weighted by molar-refractivity contribution is 4.91. The van der Waals surface area contributed by atoms with Gasteiger partial charge in [0.1, 0.15) is 0 Å². The Kier molecular flexibility index (Phi) is 5.46. The molecule has 1 saturated carbocycles. The lowest BCUT2D eigenvalue weighted by Gasteiger charge is -2.42. The molecule has 0 aromatic heterocycles. The molecule has 2 unspecified atom stereocenters. The van der Waals surface area contributed by atoms with E-state index < -0.39 is 0 Å². The highest BCUT2D eigenvalue weighted by Crippen LogP contribution is 2.32. The summed E-state index contributed by atoms with van der Waals surface area (Å²) in [6.45, 7) is 11.1. The van der Waals surface area contributed by atoms with Gasteiger partial charge in [-0.3, -0.25) is 4.90 Å². The molecule has 2 fully saturated rings. The maximum absolute atomic E-state index is 5.74. The fourth-order valence-electron chi connectivity index (χ4n) is 2.95. The third-order valence-corrected chi connectivity index (χ3v) is 4.24. The van der Waals surface area contributed by atoms with E-state index in [2.05, 4.69) is 31.0 Å². The van der Waals surface area contributed by atoms with E-state index in [0.29, 0.717) is 18.1 Å². The third kappa shape index (κ3) is 3.94. The van der Waals surface area contributed by atoms with Crippen LogP contribution in [0.4, 0.5) is 0 Å². The molecule has 18 heavy (non-hydrogen) atoms. The number of hydrogen-bond acceptors (Lipinski definition) is 3. The van der Waals surface area contributed by atoms with Gasteiger partial charge in [0.2, 0.25) is 0 Å². The molecule has 1 saturated heterocycles. The number of ether oxygens (including phenoxy) is 1. The summed E-state index contributed by atoms with van der Waals surface area (Å²) in [7, 11) is 0. The van der Waals surface area contributed by atoms with Crippen LogP contribution in [0.25, 0.3) is 0 Å². The van der Waals surface area contributed by atoms with Crippen LogP contribution >= 0.6 is 0 Å². The normalized spacial score (nSPS) is 29.2. The summed E-state index contributed by atoms with van der Waals surface area (Å²) in [5.74, 6) is 0.959. The minimum atomic E-state index is 0.575. The van der Waals surface area contributed by atoms with Crippen molar-refractivity contribution < 1.29 is 4.74 Å². The van der Waals surface area contributed by atoms with Crippen LogP contribution in [0.2, 0.25) is 0 Å². The van der Waals surface area contributed by atoms with Crippen molar-refractivity contribution >= 4 is 0 Å². The molecule has 2 aliphatic rings. The quantitative estimate of drug-likeness (QED) is 0.754. The first-order valence-corrected chi connectivity index (χ1v) is 7.79. The van der Waals surface area contributed by atoms with Crippen molar-refractivity contribution in [3.05, 3.63) is 0 Å². The van der Waals surface area contributed by atoms with Gasteiger partial charge < -0.3 is 10.1 Å². The molecule has 2 atom stereocenters. The van der Waals surface area contributed by atoms with Crippen LogP contribution in [0.3, 0.4) is 0 Å². The van der Waals surface area contributed by atoms with Crippen molar-refractivity contribution in [1.29, 1.82) is 0 Å². The van der Waals surface area contributed by atoms with Gasteiger partial charge in [0.15, 0.2) is 0 Å². The fourth-order valence-corrected chi connectivity index (χ4v) is 2.95. The Hall–Kier alpha value is -0.120. The highest BCUT2D eigenvalue weighted by Gasteiger charge is 2.35. The lowest BCUT2D eigenvalue weighted by atomic mass is 9.99. The Labute approximate surface area is 112 Å². The van der Waals surface area contributed by atoms with E-state index >= 15 is 0 Å². The summed E-state index contributed by atoms with van der Waals surface area (Å²) in [5.41, 5.74) is 0.